The van der Waals surface area contributed by atoms with Gasteiger partial charge in [0.2, 0.25) is 5.91 Å². The molecule has 2 N–H and O–H groups in total. The van der Waals surface area contributed by atoms with Gasteiger partial charge in [0.1, 0.15) is 0 Å². The topological polar surface area (TPSA) is 41.1 Å². The van der Waals surface area contributed by atoms with E-state index in [-0.39, 0.29) is 23.3 Å². The van der Waals surface area contributed by atoms with E-state index in [1.807, 2.05) is 18.2 Å². The van der Waals surface area contributed by atoms with Gasteiger partial charge in [-0.25, -0.2) is 0 Å². The fourth-order valence-corrected chi connectivity index (χ4v) is 3.81. The number of hydrogen-bond donors (Lipinski definition) is 2. The number of nitrogens with one attached hydrogen (secondary N) is 2. The van der Waals surface area contributed by atoms with Crippen molar-refractivity contribution < 1.29 is 4.79 Å². The van der Waals surface area contributed by atoms with Gasteiger partial charge in [-0.05, 0) is 30.2 Å². The summed E-state index contributed by atoms with van der Waals surface area (Å²) in [6.07, 6.45) is 3.38. The summed E-state index contributed by atoms with van der Waals surface area (Å²) in [5, 5.41) is 6.87. The minimum Gasteiger partial charge on any atom is -0.348 e. The average molecular weight is 286 g/mol. The van der Waals surface area contributed by atoms with Crippen molar-refractivity contribution in [2.24, 2.45) is 11.3 Å². The molecule has 3 nitrogen and oxygen atoms in total. The van der Waals surface area contributed by atoms with Gasteiger partial charge in [-0.3, -0.25) is 4.79 Å². The fourth-order valence-electron chi connectivity index (χ4n) is 3.81. The van der Waals surface area contributed by atoms with Crippen molar-refractivity contribution >= 4 is 5.91 Å². The summed E-state index contributed by atoms with van der Waals surface area (Å²) in [5.41, 5.74) is 1.19. The molecule has 1 amide bonds. The molecular weight excluding hydrogens is 260 g/mol. The molecule has 2 saturated heterocycles. The third-order valence-corrected chi connectivity index (χ3v) is 4.92. The van der Waals surface area contributed by atoms with Crippen LogP contribution in [0.25, 0.3) is 0 Å². The Morgan fingerprint density at radius 1 is 1.24 bits per heavy atom. The maximum absolute atomic E-state index is 12.7. The molecule has 2 aliphatic rings. The summed E-state index contributed by atoms with van der Waals surface area (Å²) < 4.78 is 0. The van der Waals surface area contributed by atoms with Crippen molar-refractivity contribution in [3.05, 3.63) is 35.9 Å². The largest absolute Gasteiger partial charge is 0.348 e. The van der Waals surface area contributed by atoms with Gasteiger partial charge in [-0.1, -0.05) is 51.1 Å². The normalized spacial score (nSPS) is 29.4. The molecule has 3 heteroatoms. The lowest BCUT2D eigenvalue weighted by atomic mass is 9.81. The zero-order valence-corrected chi connectivity index (χ0v) is 13.2. The maximum Gasteiger partial charge on any atom is 0.225 e. The van der Waals surface area contributed by atoms with Gasteiger partial charge < -0.3 is 10.6 Å². The summed E-state index contributed by atoms with van der Waals surface area (Å²) in [4.78, 5) is 12.7. The Bertz CT molecular complexity index is 506. The molecular formula is C18H26N2O. The van der Waals surface area contributed by atoms with Crippen LogP contribution in [0.3, 0.4) is 0 Å². The second kappa shape index (κ2) is 5.45. The van der Waals surface area contributed by atoms with Crippen LogP contribution in [-0.4, -0.2) is 18.0 Å². The van der Waals surface area contributed by atoms with Gasteiger partial charge >= 0.3 is 0 Å². The summed E-state index contributed by atoms with van der Waals surface area (Å²) in [7, 11) is 0. The first-order chi connectivity index (χ1) is 9.95. The molecule has 1 aromatic carbocycles. The van der Waals surface area contributed by atoms with Crippen LogP contribution in [0.4, 0.5) is 0 Å². The molecule has 0 saturated carbocycles. The lowest BCUT2D eigenvalue weighted by molar-refractivity contribution is -0.127. The van der Waals surface area contributed by atoms with E-state index < -0.39 is 0 Å². The Morgan fingerprint density at radius 2 is 1.95 bits per heavy atom. The lowest BCUT2D eigenvalue weighted by Crippen LogP contribution is -2.43. The van der Waals surface area contributed by atoms with Crippen molar-refractivity contribution in [1.82, 2.24) is 10.6 Å². The zero-order chi connectivity index (χ0) is 15.0. The summed E-state index contributed by atoms with van der Waals surface area (Å²) in [5.74, 6) is 0.371. The molecule has 0 radical (unpaired) electrons. The first-order valence-corrected chi connectivity index (χ1v) is 8.06. The van der Waals surface area contributed by atoms with Crippen molar-refractivity contribution in [3.63, 3.8) is 0 Å². The standard InChI is InChI=1S/C18H26N2O/c1-18(2,3)16(12-7-5-4-6-8-12)20-17(21)14-11-13-9-10-15(14)19-13/h4-8,13-16,19H,9-11H2,1-3H3,(H,20,21). The molecule has 114 valence electrons. The number of rotatable bonds is 3. The van der Waals surface area contributed by atoms with E-state index in [1.165, 1.54) is 12.0 Å². The highest BCUT2D eigenvalue weighted by atomic mass is 16.2. The van der Waals surface area contributed by atoms with Crippen molar-refractivity contribution in [1.29, 1.82) is 0 Å². The van der Waals surface area contributed by atoms with E-state index in [1.54, 1.807) is 0 Å². The van der Waals surface area contributed by atoms with Gasteiger partial charge in [0.25, 0.3) is 0 Å². The van der Waals surface area contributed by atoms with Gasteiger partial charge in [-0.2, -0.15) is 0 Å². The van der Waals surface area contributed by atoms with Crippen LogP contribution in [0.5, 0.6) is 0 Å². The summed E-state index contributed by atoms with van der Waals surface area (Å²) in [6, 6.07) is 11.3. The summed E-state index contributed by atoms with van der Waals surface area (Å²) >= 11 is 0. The van der Waals surface area contributed by atoms with Gasteiger partial charge in [0, 0.05) is 12.1 Å². The smallest absolute Gasteiger partial charge is 0.225 e. The molecule has 21 heavy (non-hydrogen) atoms. The predicted molar refractivity (Wildman–Crippen MR) is 84.8 cm³/mol. The highest BCUT2D eigenvalue weighted by Gasteiger charge is 2.43. The molecule has 2 fully saturated rings. The highest BCUT2D eigenvalue weighted by Crippen LogP contribution is 2.36. The van der Waals surface area contributed by atoms with Gasteiger partial charge in [-0.15, -0.1) is 0 Å². The monoisotopic (exact) mass is 286 g/mol. The number of carbonyl (C=O) groups excluding carboxylic acids is 1. The molecule has 3 rings (SSSR count). The Morgan fingerprint density at radius 3 is 2.48 bits per heavy atom. The predicted octanol–water partition coefficient (Wildman–Crippen LogP) is 3.03. The second-order valence-electron chi connectivity index (χ2n) is 7.61. The van der Waals surface area contributed by atoms with Crippen LogP contribution in [-0.2, 0) is 4.79 Å². The Kier molecular flexibility index (Phi) is 3.78. The van der Waals surface area contributed by atoms with Crippen LogP contribution in [0.15, 0.2) is 30.3 Å². The van der Waals surface area contributed by atoms with Crippen molar-refractivity contribution in [2.75, 3.05) is 0 Å². The third kappa shape index (κ3) is 2.98. The Balaban J connectivity index is 1.75. The molecule has 1 aromatic rings. The van der Waals surface area contributed by atoms with Crippen LogP contribution >= 0.6 is 0 Å². The average Bonchev–Trinajstić information content (AvgIpc) is 3.07. The second-order valence-corrected chi connectivity index (χ2v) is 7.61. The first kappa shape index (κ1) is 14.6. The van der Waals surface area contributed by atoms with Gasteiger partial charge in [0.05, 0.1) is 12.0 Å². The summed E-state index contributed by atoms with van der Waals surface area (Å²) in [6.45, 7) is 6.55. The van der Waals surface area contributed by atoms with Crippen LogP contribution in [0.2, 0.25) is 0 Å². The van der Waals surface area contributed by atoms with E-state index in [9.17, 15) is 4.79 Å². The molecule has 0 spiro atoms. The minimum atomic E-state index is 0.00204. The number of amides is 1. The fraction of sp³-hybridized carbons (Fsp3) is 0.611. The van der Waals surface area contributed by atoms with Gasteiger partial charge in [0.15, 0.2) is 0 Å². The quantitative estimate of drug-likeness (QED) is 0.896. The van der Waals surface area contributed by atoms with E-state index in [0.717, 1.165) is 12.8 Å². The van der Waals surface area contributed by atoms with E-state index >= 15 is 0 Å². The Labute approximate surface area is 127 Å². The minimum absolute atomic E-state index is 0.00204. The molecule has 4 atom stereocenters. The van der Waals surface area contributed by atoms with Crippen molar-refractivity contribution in [3.8, 4) is 0 Å². The molecule has 0 aliphatic carbocycles. The number of benzene rings is 1. The van der Waals surface area contributed by atoms with Crippen LogP contribution in [0.1, 0.15) is 51.6 Å². The molecule has 2 aliphatic heterocycles. The van der Waals surface area contributed by atoms with E-state index in [2.05, 4.69) is 43.5 Å². The number of fused-ring (bicyclic) bond motifs is 2. The van der Waals surface area contributed by atoms with E-state index in [4.69, 9.17) is 0 Å². The molecule has 0 aromatic heterocycles. The number of carbonyl (C=O) groups is 1. The highest BCUT2D eigenvalue weighted by molar-refractivity contribution is 5.80. The molecule has 4 unspecified atom stereocenters. The Hall–Kier alpha value is -1.35. The first-order valence-electron chi connectivity index (χ1n) is 8.06. The maximum atomic E-state index is 12.7. The SMILES string of the molecule is CC(C)(C)C(NC(=O)C1CC2CCC1N2)c1ccccc1. The lowest BCUT2D eigenvalue weighted by Gasteiger charge is -2.33. The molecule has 2 heterocycles. The van der Waals surface area contributed by atoms with Crippen molar-refractivity contribution in [2.45, 2.75) is 58.2 Å². The van der Waals surface area contributed by atoms with Crippen LogP contribution < -0.4 is 10.6 Å². The van der Waals surface area contributed by atoms with E-state index in [0.29, 0.717) is 12.1 Å². The third-order valence-electron chi connectivity index (χ3n) is 4.92. The zero-order valence-electron chi connectivity index (χ0n) is 13.2. The van der Waals surface area contributed by atoms with Crippen LogP contribution in [0, 0.1) is 11.3 Å². The molecule has 2 bridgehead atoms. The number of hydrogen-bond acceptors (Lipinski definition) is 2.